The fraction of sp³-hybridized carbons (Fsp3) is 0.467. The van der Waals surface area contributed by atoms with Gasteiger partial charge >= 0.3 is 5.97 Å². The normalized spacial score (nSPS) is 12.3. The van der Waals surface area contributed by atoms with Crippen molar-refractivity contribution in [3.05, 3.63) is 71.4 Å². The number of Topliss-reactive ketones (excluding diaryl/α,β-unsaturated/α-hetero) is 1. The van der Waals surface area contributed by atoms with Gasteiger partial charge in [0.15, 0.2) is 5.78 Å². The SMILES string of the molecule is CCCCC(OCCC(=O)c1cn(CCCC(=O)O)c2ccccc12)c1ccc(CC(C)C)cc1. The number of carboxylic acids is 1. The van der Waals surface area contributed by atoms with Gasteiger partial charge in [-0.1, -0.05) is 76.1 Å². The van der Waals surface area contributed by atoms with Crippen LogP contribution in [0.2, 0.25) is 0 Å². The monoisotopic (exact) mass is 477 g/mol. The lowest BCUT2D eigenvalue weighted by Gasteiger charge is -2.19. The van der Waals surface area contributed by atoms with Crippen LogP contribution in [-0.2, 0) is 22.5 Å². The number of hydrogen-bond acceptors (Lipinski definition) is 3. The lowest BCUT2D eigenvalue weighted by atomic mass is 9.98. The van der Waals surface area contributed by atoms with Gasteiger partial charge in [0.05, 0.1) is 12.7 Å². The number of ether oxygens (including phenoxy) is 1. The van der Waals surface area contributed by atoms with Crippen LogP contribution >= 0.6 is 0 Å². The van der Waals surface area contributed by atoms with Crippen LogP contribution in [0.4, 0.5) is 0 Å². The van der Waals surface area contributed by atoms with Crippen LogP contribution < -0.4 is 0 Å². The fourth-order valence-electron chi connectivity index (χ4n) is 4.56. The third-order valence-electron chi connectivity index (χ3n) is 6.34. The number of carboxylic acid groups (broad SMARTS) is 1. The van der Waals surface area contributed by atoms with E-state index in [1.54, 1.807) is 0 Å². The Morgan fingerprint density at radius 1 is 1.00 bits per heavy atom. The molecular weight excluding hydrogens is 438 g/mol. The van der Waals surface area contributed by atoms with Crippen LogP contribution in [0.1, 0.15) is 86.9 Å². The van der Waals surface area contributed by atoms with Crippen molar-refractivity contribution in [2.75, 3.05) is 6.61 Å². The second-order valence-corrected chi connectivity index (χ2v) is 9.77. The Morgan fingerprint density at radius 2 is 1.74 bits per heavy atom. The van der Waals surface area contributed by atoms with E-state index in [1.807, 2.05) is 35.0 Å². The highest BCUT2D eigenvalue weighted by Crippen LogP contribution is 2.26. The van der Waals surface area contributed by atoms with E-state index < -0.39 is 5.97 Å². The number of fused-ring (bicyclic) bond motifs is 1. The van der Waals surface area contributed by atoms with Crippen molar-refractivity contribution >= 4 is 22.7 Å². The molecule has 35 heavy (non-hydrogen) atoms. The lowest BCUT2D eigenvalue weighted by Crippen LogP contribution is -2.10. The van der Waals surface area contributed by atoms with Gasteiger partial charge in [-0.3, -0.25) is 9.59 Å². The molecule has 0 saturated heterocycles. The second-order valence-electron chi connectivity index (χ2n) is 9.77. The van der Waals surface area contributed by atoms with E-state index in [1.165, 1.54) is 11.1 Å². The van der Waals surface area contributed by atoms with Crippen molar-refractivity contribution in [2.45, 2.75) is 78.4 Å². The number of rotatable bonds is 15. The first-order valence-electron chi connectivity index (χ1n) is 12.9. The Balaban J connectivity index is 1.65. The maximum atomic E-state index is 13.1. The van der Waals surface area contributed by atoms with Crippen LogP contribution in [0.25, 0.3) is 10.9 Å². The summed E-state index contributed by atoms with van der Waals surface area (Å²) in [7, 11) is 0. The number of ketones is 1. The molecule has 1 N–H and O–H groups in total. The van der Waals surface area contributed by atoms with Crippen LogP contribution in [0.15, 0.2) is 54.7 Å². The average Bonchev–Trinajstić information content (AvgIpc) is 3.20. The summed E-state index contributed by atoms with van der Waals surface area (Å²) in [6.45, 7) is 7.58. The van der Waals surface area contributed by atoms with Gasteiger partial charge < -0.3 is 14.4 Å². The summed E-state index contributed by atoms with van der Waals surface area (Å²) in [5.74, 6) is -0.121. The minimum Gasteiger partial charge on any atom is -0.481 e. The number of carbonyl (C=O) groups is 2. The Labute approximate surface area is 209 Å². The first-order chi connectivity index (χ1) is 16.9. The van der Waals surface area contributed by atoms with E-state index in [-0.39, 0.29) is 18.3 Å². The van der Waals surface area contributed by atoms with Crippen LogP contribution in [0, 0.1) is 5.92 Å². The summed E-state index contributed by atoms with van der Waals surface area (Å²) in [6.07, 6.45) is 7.01. The number of carbonyl (C=O) groups excluding carboxylic acids is 1. The summed E-state index contributed by atoms with van der Waals surface area (Å²) in [5, 5.41) is 9.86. The number of aromatic nitrogens is 1. The van der Waals surface area contributed by atoms with Crippen LogP contribution in [-0.4, -0.2) is 28.0 Å². The Bertz CT molecular complexity index is 1100. The number of hydrogen-bond donors (Lipinski definition) is 1. The molecular formula is C30H39NO4. The van der Waals surface area contributed by atoms with Gasteiger partial charge in [0, 0.05) is 42.0 Å². The number of benzene rings is 2. The van der Waals surface area contributed by atoms with Crippen LogP contribution in [0.5, 0.6) is 0 Å². The number of nitrogens with zero attached hydrogens (tertiary/aromatic N) is 1. The van der Waals surface area contributed by atoms with Crippen molar-refractivity contribution in [2.24, 2.45) is 5.92 Å². The maximum absolute atomic E-state index is 13.1. The second kappa shape index (κ2) is 13.2. The van der Waals surface area contributed by atoms with Gasteiger partial charge in [0.2, 0.25) is 0 Å². The molecule has 0 amide bonds. The molecule has 3 aromatic rings. The molecule has 0 spiro atoms. The fourth-order valence-corrected chi connectivity index (χ4v) is 4.56. The summed E-state index contributed by atoms with van der Waals surface area (Å²) >= 11 is 0. The number of para-hydroxylation sites is 1. The number of aryl methyl sites for hydroxylation is 1. The summed E-state index contributed by atoms with van der Waals surface area (Å²) in [5.41, 5.74) is 4.16. The van der Waals surface area contributed by atoms with E-state index in [0.717, 1.165) is 36.6 Å². The molecule has 2 aromatic carbocycles. The zero-order chi connectivity index (χ0) is 25.2. The molecule has 1 atom stereocenters. The first-order valence-corrected chi connectivity index (χ1v) is 12.9. The number of unbranched alkanes of at least 4 members (excludes halogenated alkanes) is 1. The zero-order valence-electron chi connectivity index (χ0n) is 21.3. The van der Waals surface area contributed by atoms with Crippen molar-refractivity contribution in [1.29, 1.82) is 0 Å². The summed E-state index contributed by atoms with van der Waals surface area (Å²) < 4.78 is 8.26. The van der Waals surface area contributed by atoms with Crippen molar-refractivity contribution < 1.29 is 19.4 Å². The molecule has 1 unspecified atom stereocenters. The molecule has 1 aromatic heterocycles. The minimum atomic E-state index is -0.804. The highest BCUT2D eigenvalue weighted by Gasteiger charge is 2.17. The average molecular weight is 478 g/mol. The maximum Gasteiger partial charge on any atom is 0.303 e. The summed E-state index contributed by atoms with van der Waals surface area (Å²) in [6, 6.07) is 16.5. The Morgan fingerprint density at radius 3 is 2.43 bits per heavy atom. The highest BCUT2D eigenvalue weighted by molar-refractivity contribution is 6.08. The van der Waals surface area contributed by atoms with Gasteiger partial charge in [0.25, 0.3) is 0 Å². The van der Waals surface area contributed by atoms with E-state index in [0.29, 0.717) is 37.5 Å². The van der Waals surface area contributed by atoms with Crippen LogP contribution in [0.3, 0.4) is 0 Å². The zero-order valence-corrected chi connectivity index (χ0v) is 21.3. The molecule has 0 aliphatic carbocycles. The quantitative estimate of drug-likeness (QED) is 0.235. The van der Waals surface area contributed by atoms with Gasteiger partial charge in [-0.05, 0) is 42.4 Å². The van der Waals surface area contributed by atoms with E-state index in [4.69, 9.17) is 9.84 Å². The standard InChI is InChI=1S/C30H39NO4/c1-4-5-11-29(24-15-13-23(14-16-24)20-22(2)3)35-19-17-28(32)26-21-31(18-8-12-30(33)34)27-10-7-6-9-25(26)27/h6-7,9-10,13-16,21-22,29H,4-5,8,11-12,17-20H2,1-3H3,(H,33,34). The lowest BCUT2D eigenvalue weighted by molar-refractivity contribution is -0.137. The molecule has 5 nitrogen and oxygen atoms in total. The van der Waals surface area contributed by atoms with E-state index >= 15 is 0 Å². The predicted octanol–water partition coefficient (Wildman–Crippen LogP) is 7.23. The molecule has 3 rings (SSSR count). The molecule has 0 saturated carbocycles. The Hall–Kier alpha value is -2.92. The van der Waals surface area contributed by atoms with Crippen molar-refractivity contribution in [3.8, 4) is 0 Å². The van der Waals surface area contributed by atoms with Gasteiger partial charge in [-0.25, -0.2) is 0 Å². The molecule has 188 valence electrons. The Kier molecular flexibility index (Phi) is 10.1. The molecule has 1 heterocycles. The third kappa shape index (κ3) is 7.79. The number of aliphatic carboxylic acids is 1. The molecule has 0 radical (unpaired) electrons. The smallest absolute Gasteiger partial charge is 0.303 e. The molecule has 0 fully saturated rings. The van der Waals surface area contributed by atoms with Gasteiger partial charge in [-0.2, -0.15) is 0 Å². The van der Waals surface area contributed by atoms with Crippen molar-refractivity contribution in [3.63, 3.8) is 0 Å². The van der Waals surface area contributed by atoms with E-state index in [9.17, 15) is 9.59 Å². The van der Waals surface area contributed by atoms with Gasteiger partial charge in [-0.15, -0.1) is 0 Å². The molecule has 0 aliphatic rings. The first kappa shape index (κ1) is 26.7. The third-order valence-corrected chi connectivity index (χ3v) is 6.34. The van der Waals surface area contributed by atoms with Gasteiger partial charge in [0.1, 0.15) is 0 Å². The molecule has 0 aliphatic heterocycles. The predicted molar refractivity (Wildman–Crippen MR) is 141 cm³/mol. The summed E-state index contributed by atoms with van der Waals surface area (Å²) in [4.78, 5) is 24.0. The largest absolute Gasteiger partial charge is 0.481 e. The van der Waals surface area contributed by atoms with Crippen molar-refractivity contribution in [1.82, 2.24) is 4.57 Å². The molecule has 5 heteroatoms. The topological polar surface area (TPSA) is 68.5 Å². The molecule has 0 bridgehead atoms. The minimum absolute atomic E-state index is 0.00629. The van der Waals surface area contributed by atoms with E-state index in [2.05, 4.69) is 45.0 Å². The highest BCUT2D eigenvalue weighted by atomic mass is 16.5.